The molecule has 1 amide bonds. The Bertz CT molecular complexity index is 839. The third-order valence-corrected chi connectivity index (χ3v) is 4.34. The van der Waals surface area contributed by atoms with Crippen molar-refractivity contribution in [1.29, 1.82) is 0 Å². The SMILES string of the molecule is CCN(CC)CCn1c(NC(=O)c2cccnc2)nc2ccccc21. The van der Waals surface area contributed by atoms with Gasteiger partial charge in [-0.25, -0.2) is 4.98 Å². The summed E-state index contributed by atoms with van der Waals surface area (Å²) in [4.78, 5) is 23.4. The van der Waals surface area contributed by atoms with E-state index in [1.807, 2.05) is 24.3 Å². The summed E-state index contributed by atoms with van der Waals surface area (Å²) in [5, 5.41) is 2.93. The van der Waals surface area contributed by atoms with Gasteiger partial charge in [-0.15, -0.1) is 0 Å². The molecule has 6 heteroatoms. The number of aromatic nitrogens is 3. The molecule has 6 nitrogen and oxygen atoms in total. The van der Waals surface area contributed by atoms with Gasteiger partial charge in [-0.1, -0.05) is 26.0 Å². The third kappa shape index (κ3) is 3.85. The largest absolute Gasteiger partial charge is 0.309 e. The van der Waals surface area contributed by atoms with E-state index in [0.29, 0.717) is 11.5 Å². The van der Waals surface area contributed by atoms with Crippen LogP contribution in [-0.2, 0) is 6.54 Å². The summed E-state index contributed by atoms with van der Waals surface area (Å²) in [6, 6.07) is 11.4. The molecule has 25 heavy (non-hydrogen) atoms. The number of nitrogens with one attached hydrogen (secondary N) is 1. The molecule has 0 saturated carbocycles. The van der Waals surface area contributed by atoms with Crippen LogP contribution in [0.5, 0.6) is 0 Å². The van der Waals surface area contributed by atoms with Crippen molar-refractivity contribution in [3.8, 4) is 0 Å². The maximum absolute atomic E-state index is 12.5. The van der Waals surface area contributed by atoms with Crippen LogP contribution in [0, 0.1) is 0 Å². The van der Waals surface area contributed by atoms with Gasteiger partial charge in [-0.3, -0.25) is 15.1 Å². The molecular formula is C19H23N5O. The number of carbonyl (C=O) groups is 1. The molecule has 2 heterocycles. The van der Waals surface area contributed by atoms with Gasteiger partial charge in [0.2, 0.25) is 5.95 Å². The highest BCUT2D eigenvalue weighted by molar-refractivity contribution is 6.03. The van der Waals surface area contributed by atoms with Crippen LogP contribution >= 0.6 is 0 Å². The fraction of sp³-hybridized carbons (Fsp3) is 0.316. The van der Waals surface area contributed by atoms with Crippen LogP contribution < -0.4 is 5.32 Å². The van der Waals surface area contributed by atoms with Crippen molar-refractivity contribution in [3.63, 3.8) is 0 Å². The van der Waals surface area contributed by atoms with Crippen LogP contribution in [-0.4, -0.2) is 45.0 Å². The van der Waals surface area contributed by atoms with Crippen molar-refractivity contribution in [2.45, 2.75) is 20.4 Å². The number of benzene rings is 1. The first-order chi connectivity index (χ1) is 12.2. The smallest absolute Gasteiger partial charge is 0.259 e. The lowest BCUT2D eigenvalue weighted by Gasteiger charge is -2.19. The number of imidazole rings is 1. The molecule has 0 spiro atoms. The zero-order valence-corrected chi connectivity index (χ0v) is 14.6. The van der Waals surface area contributed by atoms with Crippen LogP contribution in [0.1, 0.15) is 24.2 Å². The molecular weight excluding hydrogens is 314 g/mol. The maximum atomic E-state index is 12.5. The number of pyridine rings is 1. The first kappa shape index (κ1) is 17.1. The van der Waals surface area contributed by atoms with Crippen molar-refractivity contribution >= 4 is 22.9 Å². The Morgan fingerprint density at radius 2 is 1.96 bits per heavy atom. The lowest BCUT2D eigenvalue weighted by atomic mass is 10.3. The minimum Gasteiger partial charge on any atom is -0.309 e. The summed E-state index contributed by atoms with van der Waals surface area (Å²) in [5.74, 6) is 0.370. The van der Waals surface area contributed by atoms with Crippen molar-refractivity contribution < 1.29 is 4.79 Å². The van der Waals surface area contributed by atoms with E-state index >= 15 is 0 Å². The number of rotatable bonds is 7. The number of nitrogens with zero attached hydrogens (tertiary/aromatic N) is 4. The highest BCUT2D eigenvalue weighted by atomic mass is 16.1. The zero-order chi connectivity index (χ0) is 17.6. The van der Waals surface area contributed by atoms with Gasteiger partial charge in [-0.05, 0) is 37.4 Å². The predicted octanol–water partition coefficient (Wildman–Crippen LogP) is 3.03. The molecule has 0 saturated heterocycles. The molecule has 2 aromatic heterocycles. The Hall–Kier alpha value is -2.73. The second-order valence-corrected chi connectivity index (χ2v) is 5.80. The van der Waals surface area contributed by atoms with Gasteiger partial charge in [0.25, 0.3) is 5.91 Å². The second kappa shape index (κ2) is 7.90. The molecule has 3 rings (SSSR count). The molecule has 1 aromatic carbocycles. The summed E-state index contributed by atoms with van der Waals surface area (Å²) >= 11 is 0. The van der Waals surface area contributed by atoms with Crippen molar-refractivity contribution in [3.05, 3.63) is 54.4 Å². The number of amides is 1. The highest BCUT2D eigenvalue weighted by Crippen LogP contribution is 2.20. The first-order valence-corrected chi connectivity index (χ1v) is 8.62. The van der Waals surface area contributed by atoms with Crippen molar-refractivity contribution in [2.75, 3.05) is 25.0 Å². The Morgan fingerprint density at radius 1 is 1.16 bits per heavy atom. The van der Waals surface area contributed by atoms with Crippen LogP contribution in [0.4, 0.5) is 5.95 Å². The first-order valence-electron chi connectivity index (χ1n) is 8.62. The van der Waals surface area contributed by atoms with E-state index in [1.54, 1.807) is 24.5 Å². The van der Waals surface area contributed by atoms with E-state index < -0.39 is 0 Å². The predicted molar refractivity (Wildman–Crippen MR) is 99.7 cm³/mol. The Labute approximate surface area is 147 Å². The molecule has 130 valence electrons. The Kier molecular flexibility index (Phi) is 5.40. The topological polar surface area (TPSA) is 63.0 Å². The van der Waals surface area contributed by atoms with E-state index in [-0.39, 0.29) is 5.91 Å². The number of fused-ring (bicyclic) bond motifs is 1. The fourth-order valence-corrected chi connectivity index (χ4v) is 2.85. The minimum absolute atomic E-state index is 0.201. The van der Waals surface area contributed by atoms with Gasteiger partial charge < -0.3 is 9.47 Å². The van der Waals surface area contributed by atoms with E-state index in [9.17, 15) is 4.79 Å². The molecule has 0 unspecified atom stereocenters. The van der Waals surface area contributed by atoms with Gasteiger partial charge >= 0.3 is 0 Å². The van der Waals surface area contributed by atoms with Gasteiger partial charge in [0.1, 0.15) is 0 Å². The molecule has 3 aromatic rings. The van der Waals surface area contributed by atoms with Crippen molar-refractivity contribution in [2.24, 2.45) is 0 Å². The highest BCUT2D eigenvalue weighted by Gasteiger charge is 2.15. The van der Waals surface area contributed by atoms with Crippen LogP contribution in [0.15, 0.2) is 48.8 Å². The fourth-order valence-electron chi connectivity index (χ4n) is 2.85. The van der Waals surface area contributed by atoms with E-state index in [1.165, 1.54) is 0 Å². The summed E-state index contributed by atoms with van der Waals surface area (Å²) in [6.07, 6.45) is 3.20. The molecule has 0 bridgehead atoms. The third-order valence-electron chi connectivity index (χ3n) is 4.34. The molecule has 0 aliphatic rings. The van der Waals surface area contributed by atoms with E-state index in [2.05, 4.69) is 38.6 Å². The van der Waals surface area contributed by atoms with Gasteiger partial charge in [-0.2, -0.15) is 0 Å². The van der Waals surface area contributed by atoms with Crippen LogP contribution in [0.3, 0.4) is 0 Å². The summed E-state index contributed by atoms with van der Waals surface area (Å²) < 4.78 is 2.07. The average Bonchev–Trinajstić information content (AvgIpc) is 3.00. The average molecular weight is 337 g/mol. The molecule has 1 N–H and O–H groups in total. The standard InChI is InChI=1S/C19H23N5O/c1-3-23(4-2)12-13-24-17-10-6-5-9-16(17)21-19(24)22-18(25)15-8-7-11-20-14-15/h5-11,14H,3-4,12-13H2,1-2H3,(H,21,22,25). The van der Waals surface area contributed by atoms with Gasteiger partial charge in [0.15, 0.2) is 0 Å². The lowest BCUT2D eigenvalue weighted by Crippen LogP contribution is -2.27. The van der Waals surface area contributed by atoms with Crippen LogP contribution in [0.2, 0.25) is 0 Å². The summed E-state index contributed by atoms with van der Waals surface area (Å²) in [5.41, 5.74) is 2.42. The molecule has 0 aliphatic carbocycles. The van der Waals surface area contributed by atoms with Crippen LogP contribution in [0.25, 0.3) is 11.0 Å². The van der Waals surface area contributed by atoms with Gasteiger partial charge in [0, 0.05) is 25.5 Å². The lowest BCUT2D eigenvalue weighted by molar-refractivity contribution is 0.102. The summed E-state index contributed by atoms with van der Waals surface area (Å²) in [7, 11) is 0. The molecule has 0 aliphatic heterocycles. The number of carbonyl (C=O) groups excluding carboxylic acids is 1. The number of hydrogen-bond acceptors (Lipinski definition) is 4. The zero-order valence-electron chi connectivity index (χ0n) is 14.6. The van der Waals surface area contributed by atoms with Gasteiger partial charge in [0.05, 0.1) is 16.6 Å². The normalized spacial score (nSPS) is 11.2. The van der Waals surface area contributed by atoms with Crippen molar-refractivity contribution in [1.82, 2.24) is 19.4 Å². The molecule has 0 atom stereocenters. The number of para-hydroxylation sites is 2. The quantitative estimate of drug-likeness (QED) is 0.720. The minimum atomic E-state index is -0.201. The molecule has 0 fully saturated rings. The Morgan fingerprint density at radius 3 is 2.68 bits per heavy atom. The number of likely N-dealkylation sites (N-methyl/N-ethyl adjacent to an activating group) is 1. The second-order valence-electron chi connectivity index (χ2n) is 5.80. The van der Waals surface area contributed by atoms with E-state index in [4.69, 9.17) is 0 Å². The number of anilines is 1. The maximum Gasteiger partial charge on any atom is 0.259 e. The Balaban J connectivity index is 1.88. The summed E-state index contributed by atoms with van der Waals surface area (Å²) in [6.45, 7) is 7.98. The monoisotopic (exact) mass is 337 g/mol. The molecule has 0 radical (unpaired) electrons. The number of hydrogen-bond donors (Lipinski definition) is 1. The van der Waals surface area contributed by atoms with E-state index in [0.717, 1.165) is 37.2 Å².